The second-order valence-electron chi connectivity index (χ2n) is 2.26. The monoisotopic (exact) mass is 245 g/mol. The highest BCUT2D eigenvalue weighted by Crippen LogP contribution is 2.30. The molecule has 0 radical (unpaired) electrons. The smallest absolute Gasteiger partial charge is 0.211 e. The third-order valence-corrected chi connectivity index (χ3v) is 2.60. The molecule has 62 valence electrons. The first-order valence-electron chi connectivity index (χ1n) is 3.18. The van der Waals surface area contributed by atoms with Crippen LogP contribution in [0.3, 0.4) is 0 Å². The van der Waals surface area contributed by atoms with E-state index in [0.29, 0.717) is 10.7 Å². The number of aliphatic imine (C=N–C) groups is 1. The molecular weight excluding hydrogens is 241 g/mol. The fraction of sp³-hybridized carbons (Fsp3) is 0.125. The zero-order valence-electron chi connectivity index (χ0n) is 6.27. The fourth-order valence-corrected chi connectivity index (χ4v) is 1.42. The first-order valence-corrected chi connectivity index (χ1v) is 4.35. The SMILES string of the molecule is Cc1cc(Br)c(Cl)cc1N=C=O. The number of hydrogen-bond acceptors (Lipinski definition) is 2. The predicted molar refractivity (Wildman–Crippen MR) is 51.7 cm³/mol. The summed E-state index contributed by atoms with van der Waals surface area (Å²) in [5.74, 6) is 0. The molecule has 0 aliphatic rings. The number of isocyanates is 1. The van der Waals surface area contributed by atoms with E-state index in [1.165, 1.54) is 6.08 Å². The van der Waals surface area contributed by atoms with Crippen molar-refractivity contribution in [1.82, 2.24) is 0 Å². The van der Waals surface area contributed by atoms with Crippen molar-refractivity contribution < 1.29 is 4.79 Å². The molecule has 1 aromatic carbocycles. The van der Waals surface area contributed by atoms with Crippen molar-refractivity contribution in [3.63, 3.8) is 0 Å². The van der Waals surface area contributed by atoms with Gasteiger partial charge in [-0.25, -0.2) is 4.79 Å². The van der Waals surface area contributed by atoms with Gasteiger partial charge in [0.15, 0.2) is 0 Å². The molecule has 0 saturated carbocycles. The molecule has 0 spiro atoms. The zero-order chi connectivity index (χ0) is 9.14. The van der Waals surface area contributed by atoms with Crippen molar-refractivity contribution >= 4 is 39.3 Å². The van der Waals surface area contributed by atoms with E-state index in [-0.39, 0.29) is 0 Å². The minimum Gasteiger partial charge on any atom is -0.211 e. The van der Waals surface area contributed by atoms with E-state index in [9.17, 15) is 4.79 Å². The first kappa shape index (κ1) is 9.46. The largest absolute Gasteiger partial charge is 0.240 e. The van der Waals surface area contributed by atoms with Crippen molar-refractivity contribution in [2.75, 3.05) is 0 Å². The first-order chi connectivity index (χ1) is 5.65. The van der Waals surface area contributed by atoms with E-state index in [4.69, 9.17) is 11.6 Å². The van der Waals surface area contributed by atoms with Crippen molar-refractivity contribution in [2.45, 2.75) is 6.92 Å². The Morgan fingerprint density at radius 3 is 2.83 bits per heavy atom. The minimum atomic E-state index is 0.537. The molecule has 0 saturated heterocycles. The highest BCUT2D eigenvalue weighted by molar-refractivity contribution is 9.10. The second kappa shape index (κ2) is 3.85. The van der Waals surface area contributed by atoms with Crippen LogP contribution in [-0.4, -0.2) is 6.08 Å². The van der Waals surface area contributed by atoms with Crippen LogP contribution in [0, 0.1) is 6.92 Å². The van der Waals surface area contributed by atoms with Gasteiger partial charge >= 0.3 is 0 Å². The Balaban J connectivity index is 3.32. The number of benzene rings is 1. The van der Waals surface area contributed by atoms with Crippen molar-refractivity contribution in [1.29, 1.82) is 0 Å². The lowest BCUT2D eigenvalue weighted by Crippen LogP contribution is -1.76. The second-order valence-corrected chi connectivity index (χ2v) is 3.52. The average Bonchev–Trinajstić information content (AvgIpc) is 2.01. The van der Waals surface area contributed by atoms with E-state index in [0.717, 1.165) is 10.0 Å². The number of rotatable bonds is 1. The summed E-state index contributed by atoms with van der Waals surface area (Å²) in [6, 6.07) is 3.42. The molecule has 0 amide bonds. The standard InChI is InChI=1S/C8H5BrClNO/c1-5-2-6(9)7(10)3-8(5)11-4-12/h2-3H,1H3. The van der Waals surface area contributed by atoms with E-state index >= 15 is 0 Å². The van der Waals surface area contributed by atoms with Gasteiger partial charge in [0.25, 0.3) is 0 Å². The Morgan fingerprint density at radius 1 is 1.58 bits per heavy atom. The van der Waals surface area contributed by atoms with Crippen LogP contribution < -0.4 is 0 Å². The Labute approximate surface area is 83.4 Å². The summed E-state index contributed by atoms with van der Waals surface area (Å²) in [5.41, 5.74) is 1.44. The lowest BCUT2D eigenvalue weighted by atomic mass is 10.2. The van der Waals surface area contributed by atoms with Crippen LogP contribution in [0.25, 0.3) is 0 Å². The van der Waals surface area contributed by atoms with Crippen molar-refractivity contribution in [2.24, 2.45) is 4.99 Å². The number of nitrogens with zero attached hydrogens (tertiary/aromatic N) is 1. The molecule has 0 unspecified atom stereocenters. The third kappa shape index (κ3) is 1.95. The number of aryl methyl sites for hydroxylation is 1. The quantitative estimate of drug-likeness (QED) is 0.552. The van der Waals surface area contributed by atoms with Gasteiger partial charge in [-0.2, -0.15) is 4.99 Å². The maximum absolute atomic E-state index is 9.98. The summed E-state index contributed by atoms with van der Waals surface area (Å²) in [5, 5.41) is 0.537. The normalized spacial score (nSPS) is 9.25. The number of halogens is 2. The molecule has 1 aromatic rings. The van der Waals surface area contributed by atoms with Gasteiger partial charge in [0.2, 0.25) is 6.08 Å². The molecule has 0 aliphatic heterocycles. The Morgan fingerprint density at radius 2 is 2.25 bits per heavy atom. The maximum atomic E-state index is 9.98. The summed E-state index contributed by atoms with van der Waals surface area (Å²) in [7, 11) is 0. The van der Waals surface area contributed by atoms with Crippen LogP contribution in [0.5, 0.6) is 0 Å². The summed E-state index contributed by atoms with van der Waals surface area (Å²) < 4.78 is 0.798. The molecule has 0 bridgehead atoms. The summed E-state index contributed by atoms with van der Waals surface area (Å²) in [6.45, 7) is 1.84. The van der Waals surface area contributed by atoms with Crippen molar-refractivity contribution in [3.05, 3.63) is 27.2 Å². The van der Waals surface area contributed by atoms with Gasteiger partial charge < -0.3 is 0 Å². The van der Waals surface area contributed by atoms with E-state index in [2.05, 4.69) is 20.9 Å². The van der Waals surface area contributed by atoms with Crippen LogP contribution in [0.2, 0.25) is 5.02 Å². The van der Waals surface area contributed by atoms with Gasteiger partial charge in [0.1, 0.15) is 0 Å². The van der Waals surface area contributed by atoms with Crippen molar-refractivity contribution in [3.8, 4) is 0 Å². The van der Waals surface area contributed by atoms with Gasteiger partial charge in [-0.05, 0) is 40.5 Å². The molecular formula is C8H5BrClNO. The van der Waals surface area contributed by atoms with Crippen LogP contribution >= 0.6 is 27.5 Å². The molecule has 1 rings (SSSR count). The highest BCUT2D eigenvalue weighted by atomic mass is 79.9. The summed E-state index contributed by atoms with van der Waals surface area (Å²) in [6.07, 6.45) is 1.47. The van der Waals surface area contributed by atoms with E-state index in [1.807, 2.05) is 6.92 Å². The third-order valence-electron chi connectivity index (χ3n) is 1.40. The lowest BCUT2D eigenvalue weighted by Gasteiger charge is -2.00. The Kier molecular flexibility index (Phi) is 3.04. The number of hydrogen-bond donors (Lipinski definition) is 0. The molecule has 0 aromatic heterocycles. The molecule has 4 heteroatoms. The average molecular weight is 246 g/mol. The van der Waals surface area contributed by atoms with Gasteiger partial charge in [0.05, 0.1) is 10.7 Å². The highest BCUT2D eigenvalue weighted by Gasteiger charge is 2.02. The van der Waals surface area contributed by atoms with E-state index in [1.54, 1.807) is 12.1 Å². The maximum Gasteiger partial charge on any atom is 0.240 e. The minimum absolute atomic E-state index is 0.537. The fourth-order valence-electron chi connectivity index (χ4n) is 0.805. The number of carbonyl (C=O) groups excluding carboxylic acids is 1. The summed E-state index contributed by atoms with van der Waals surface area (Å²) >= 11 is 9.04. The molecule has 0 atom stereocenters. The molecule has 2 nitrogen and oxygen atoms in total. The van der Waals surface area contributed by atoms with Crippen LogP contribution in [-0.2, 0) is 4.79 Å². The van der Waals surface area contributed by atoms with Gasteiger partial charge in [0, 0.05) is 4.47 Å². The van der Waals surface area contributed by atoms with Crippen LogP contribution in [0.4, 0.5) is 5.69 Å². The molecule has 0 N–H and O–H groups in total. The topological polar surface area (TPSA) is 29.4 Å². The molecule has 12 heavy (non-hydrogen) atoms. The molecule has 0 fully saturated rings. The molecule has 0 aliphatic carbocycles. The zero-order valence-corrected chi connectivity index (χ0v) is 8.61. The van der Waals surface area contributed by atoms with Gasteiger partial charge in [-0.3, -0.25) is 0 Å². The van der Waals surface area contributed by atoms with Gasteiger partial charge in [-0.15, -0.1) is 0 Å². The predicted octanol–water partition coefficient (Wildman–Crippen LogP) is 3.38. The van der Waals surface area contributed by atoms with E-state index < -0.39 is 0 Å². The van der Waals surface area contributed by atoms with Crippen LogP contribution in [0.1, 0.15) is 5.56 Å². The van der Waals surface area contributed by atoms with Gasteiger partial charge in [-0.1, -0.05) is 11.6 Å². The Bertz CT molecular complexity index is 358. The summed E-state index contributed by atoms with van der Waals surface area (Å²) in [4.78, 5) is 13.5. The molecule has 0 heterocycles. The Hall–Kier alpha value is -0.630. The lowest BCUT2D eigenvalue weighted by molar-refractivity contribution is 0.565. The van der Waals surface area contributed by atoms with Crippen LogP contribution in [0.15, 0.2) is 21.6 Å².